The number of carbonyl (C=O) groups is 1. The van der Waals surface area contributed by atoms with Gasteiger partial charge in [-0.25, -0.2) is 0 Å². The molecule has 2 nitrogen and oxygen atoms in total. The van der Waals surface area contributed by atoms with Crippen molar-refractivity contribution in [1.82, 2.24) is 0 Å². The molecule has 0 aromatic heterocycles. The molecule has 0 aromatic rings. The average molecular weight is 196 g/mol. The first-order valence-corrected chi connectivity index (χ1v) is 5.09. The highest BCUT2D eigenvalue weighted by Gasteiger charge is 2.26. The average Bonchev–Trinajstić information content (AvgIpc) is 2.02. The van der Waals surface area contributed by atoms with Gasteiger partial charge in [0.25, 0.3) is 0 Å². The van der Waals surface area contributed by atoms with E-state index in [4.69, 9.17) is 11.5 Å². The van der Waals surface area contributed by atoms with E-state index in [9.17, 15) is 4.79 Å². The van der Waals surface area contributed by atoms with E-state index < -0.39 is 5.97 Å². The molecule has 0 aliphatic carbocycles. The number of carboxylic acids is 1. The van der Waals surface area contributed by atoms with Gasteiger partial charge in [0.1, 0.15) is 0 Å². The van der Waals surface area contributed by atoms with Crippen LogP contribution in [0.2, 0.25) is 0 Å². The molecule has 14 heavy (non-hydrogen) atoms. The van der Waals surface area contributed by atoms with Crippen molar-refractivity contribution >= 4 is 5.97 Å². The summed E-state index contributed by atoms with van der Waals surface area (Å²) >= 11 is 0. The normalized spacial score (nSPS) is 13.3. The van der Waals surface area contributed by atoms with Gasteiger partial charge in [-0.05, 0) is 18.3 Å². The summed E-state index contributed by atoms with van der Waals surface area (Å²) in [4.78, 5) is 10.9. The second-order valence-corrected chi connectivity index (χ2v) is 4.56. The maximum atomic E-state index is 10.9. The summed E-state index contributed by atoms with van der Waals surface area (Å²) in [5.74, 6) is 1.27. The van der Waals surface area contributed by atoms with E-state index in [1.54, 1.807) is 0 Å². The van der Waals surface area contributed by atoms with Gasteiger partial charge in [0.15, 0.2) is 0 Å². The number of hydrogen-bond donors (Lipinski definition) is 1. The standard InChI is InChI=1S/C12H20O2/c1-5-7-10(11(13)14)9-12(3,4)8-6-2/h1,10H,6-9H2,2-4H3,(H,13,14). The number of carboxylic acid groups (broad SMARTS) is 1. The fourth-order valence-electron chi connectivity index (χ4n) is 1.83. The molecular formula is C12H20O2. The van der Waals surface area contributed by atoms with Crippen LogP contribution in [0.4, 0.5) is 0 Å². The molecule has 0 amide bonds. The lowest BCUT2D eigenvalue weighted by Gasteiger charge is -2.26. The molecule has 0 rings (SSSR count). The number of hydrogen-bond acceptors (Lipinski definition) is 1. The molecule has 1 atom stereocenters. The first-order chi connectivity index (χ1) is 6.43. The molecule has 0 aliphatic rings. The fourth-order valence-corrected chi connectivity index (χ4v) is 1.83. The van der Waals surface area contributed by atoms with Gasteiger partial charge >= 0.3 is 5.97 Å². The zero-order valence-corrected chi connectivity index (χ0v) is 9.34. The molecule has 0 aromatic carbocycles. The summed E-state index contributed by atoms with van der Waals surface area (Å²) in [6.07, 6.45) is 8.27. The van der Waals surface area contributed by atoms with Crippen molar-refractivity contribution in [2.24, 2.45) is 11.3 Å². The molecule has 1 N–H and O–H groups in total. The predicted molar refractivity (Wildman–Crippen MR) is 57.9 cm³/mol. The summed E-state index contributed by atoms with van der Waals surface area (Å²) in [7, 11) is 0. The summed E-state index contributed by atoms with van der Waals surface area (Å²) in [5, 5.41) is 8.94. The Morgan fingerprint density at radius 1 is 1.57 bits per heavy atom. The molecule has 0 radical (unpaired) electrons. The zero-order valence-electron chi connectivity index (χ0n) is 9.34. The minimum atomic E-state index is -0.771. The van der Waals surface area contributed by atoms with Crippen molar-refractivity contribution in [3.63, 3.8) is 0 Å². The molecule has 0 bridgehead atoms. The second-order valence-electron chi connectivity index (χ2n) is 4.56. The highest BCUT2D eigenvalue weighted by atomic mass is 16.4. The summed E-state index contributed by atoms with van der Waals surface area (Å²) in [6, 6.07) is 0. The molecule has 1 unspecified atom stereocenters. The molecular weight excluding hydrogens is 176 g/mol. The molecule has 0 spiro atoms. The Morgan fingerprint density at radius 2 is 2.14 bits per heavy atom. The summed E-state index contributed by atoms with van der Waals surface area (Å²) < 4.78 is 0. The fraction of sp³-hybridized carbons (Fsp3) is 0.750. The van der Waals surface area contributed by atoms with Crippen molar-refractivity contribution in [1.29, 1.82) is 0 Å². The smallest absolute Gasteiger partial charge is 0.307 e. The van der Waals surface area contributed by atoms with Crippen molar-refractivity contribution in [2.75, 3.05) is 0 Å². The first-order valence-electron chi connectivity index (χ1n) is 5.09. The van der Waals surface area contributed by atoms with E-state index in [1.807, 2.05) is 0 Å². The number of terminal acetylenes is 1. The molecule has 0 saturated heterocycles. The van der Waals surface area contributed by atoms with E-state index >= 15 is 0 Å². The van der Waals surface area contributed by atoms with Crippen LogP contribution in [0.15, 0.2) is 0 Å². The number of rotatable bonds is 6. The minimum Gasteiger partial charge on any atom is -0.481 e. The Kier molecular flexibility index (Phi) is 5.30. The van der Waals surface area contributed by atoms with E-state index in [-0.39, 0.29) is 11.3 Å². The van der Waals surface area contributed by atoms with Gasteiger partial charge in [0.05, 0.1) is 5.92 Å². The van der Waals surface area contributed by atoms with Crippen LogP contribution >= 0.6 is 0 Å². The van der Waals surface area contributed by atoms with Gasteiger partial charge in [-0.3, -0.25) is 4.79 Å². The van der Waals surface area contributed by atoms with Crippen LogP contribution in [-0.2, 0) is 4.79 Å². The van der Waals surface area contributed by atoms with E-state index in [0.29, 0.717) is 12.8 Å². The third kappa shape index (κ3) is 4.91. The van der Waals surface area contributed by atoms with E-state index in [0.717, 1.165) is 12.8 Å². The molecule has 0 fully saturated rings. The van der Waals surface area contributed by atoms with Crippen LogP contribution in [0.3, 0.4) is 0 Å². The quantitative estimate of drug-likeness (QED) is 0.663. The lowest BCUT2D eigenvalue weighted by molar-refractivity contribution is -0.142. The second kappa shape index (κ2) is 5.70. The molecule has 2 heteroatoms. The third-order valence-electron chi connectivity index (χ3n) is 2.44. The predicted octanol–water partition coefficient (Wildman–Crippen LogP) is 2.93. The Labute approximate surface area is 86.7 Å². The zero-order chi connectivity index (χ0) is 11.2. The molecule has 80 valence electrons. The van der Waals surface area contributed by atoms with E-state index in [2.05, 4.69) is 26.7 Å². The maximum absolute atomic E-state index is 10.9. The van der Waals surface area contributed by atoms with Gasteiger partial charge in [-0.1, -0.05) is 27.2 Å². The summed E-state index contributed by atoms with van der Waals surface area (Å²) in [5.41, 5.74) is 0.0780. The monoisotopic (exact) mass is 196 g/mol. The van der Waals surface area contributed by atoms with Crippen LogP contribution in [0.1, 0.15) is 46.5 Å². The SMILES string of the molecule is C#CCC(CC(C)(C)CCC)C(=O)O. The van der Waals surface area contributed by atoms with Gasteiger partial charge in [0.2, 0.25) is 0 Å². The van der Waals surface area contributed by atoms with Crippen LogP contribution < -0.4 is 0 Å². The molecule has 0 aliphatic heterocycles. The Balaban J connectivity index is 4.29. The van der Waals surface area contributed by atoms with Crippen molar-refractivity contribution in [3.8, 4) is 12.3 Å². The lowest BCUT2D eigenvalue weighted by Crippen LogP contribution is -2.22. The Morgan fingerprint density at radius 3 is 2.50 bits per heavy atom. The largest absolute Gasteiger partial charge is 0.481 e. The van der Waals surface area contributed by atoms with Crippen molar-refractivity contribution < 1.29 is 9.90 Å². The molecule has 0 heterocycles. The lowest BCUT2D eigenvalue weighted by atomic mass is 9.78. The van der Waals surface area contributed by atoms with E-state index in [1.165, 1.54) is 0 Å². The topological polar surface area (TPSA) is 37.3 Å². The first kappa shape index (κ1) is 13.0. The third-order valence-corrected chi connectivity index (χ3v) is 2.44. The van der Waals surface area contributed by atoms with Gasteiger partial charge in [-0.15, -0.1) is 12.3 Å². The summed E-state index contributed by atoms with van der Waals surface area (Å²) in [6.45, 7) is 6.31. The van der Waals surface area contributed by atoms with Gasteiger partial charge < -0.3 is 5.11 Å². The van der Waals surface area contributed by atoms with Crippen LogP contribution in [-0.4, -0.2) is 11.1 Å². The Bertz CT molecular complexity index is 223. The van der Waals surface area contributed by atoms with Gasteiger partial charge in [-0.2, -0.15) is 0 Å². The van der Waals surface area contributed by atoms with Crippen molar-refractivity contribution in [3.05, 3.63) is 0 Å². The number of aliphatic carboxylic acids is 1. The highest BCUT2D eigenvalue weighted by Crippen LogP contribution is 2.31. The minimum absolute atomic E-state index is 0.0780. The maximum Gasteiger partial charge on any atom is 0.307 e. The molecule has 0 saturated carbocycles. The highest BCUT2D eigenvalue weighted by molar-refractivity contribution is 5.70. The van der Waals surface area contributed by atoms with Crippen LogP contribution in [0.5, 0.6) is 0 Å². The van der Waals surface area contributed by atoms with Gasteiger partial charge in [0, 0.05) is 6.42 Å². The van der Waals surface area contributed by atoms with Crippen molar-refractivity contribution in [2.45, 2.75) is 46.5 Å². The van der Waals surface area contributed by atoms with Crippen LogP contribution in [0.25, 0.3) is 0 Å². The van der Waals surface area contributed by atoms with Crippen LogP contribution in [0, 0.1) is 23.7 Å². The Hall–Kier alpha value is -0.970.